The van der Waals surface area contributed by atoms with Crippen molar-refractivity contribution >= 4 is 11.9 Å². The van der Waals surface area contributed by atoms with Gasteiger partial charge in [0, 0.05) is 19.6 Å². The van der Waals surface area contributed by atoms with Crippen molar-refractivity contribution in [2.75, 3.05) is 27.2 Å². The van der Waals surface area contributed by atoms with E-state index < -0.39 is 5.97 Å². The van der Waals surface area contributed by atoms with E-state index in [1.807, 2.05) is 11.9 Å². The molecule has 1 amide bonds. The first-order chi connectivity index (χ1) is 8.91. The summed E-state index contributed by atoms with van der Waals surface area (Å²) in [5.74, 6) is -0.174. The van der Waals surface area contributed by atoms with Crippen LogP contribution in [0.1, 0.15) is 39.0 Å². The largest absolute Gasteiger partial charge is 0.481 e. The Morgan fingerprint density at radius 3 is 2.42 bits per heavy atom. The van der Waals surface area contributed by atoms with Gasteiger partial charge in [-0.25, -0.2) is 0 Å². The number of amides is 1. The zero-order valence-corrected chi connectivity index (χ0v) is 12.3. The molecule has 2 atom stereocenters. The SMILES string of the molecule is CC1CCCCC1N(C)C(=O)CN(C)CCC(=O)O. The van der Waals surface area contributed by atoms with Crippen molar-refractivity contribution < 1.29 is 14.7 Å². The Bertz CT molecular complexity index is 320. The quantitative estimate of drug-likeness (QED) is 0.793. The Morgan fingerprint density at radius 1 is 1.21 bits per heavy atom. The van der Waals surface area contributed by atoms with Crippen LogP contribution in [0, 0.1) is 5.92 Å². The molecule has 0 spiro atoms. The van der Waals surface area contributed by atoms with Crippen LogP contribution in [0.15, 0.2) is 0 Å². The molecule has 1 rings (SSSR count). The lowest BCUT2D eigenvalue weighted by Crippen LogP contribution is -2.46. The zero-order chi connectivity index (χ0) is 14.4. The summed E-state index contributed by atoms with van der Waals surface area (Å²) in [7, 11) is 3.67. The Morgan fingerprint density at radius 2 is 1.84 bits per heavy atom. The summed E-state index contributed by atoms with van der Waals surface area (Å²) in [6.07, 6.45) is 4.81. The van der Waals surface area contributed by atoms with E-state index in [0.29, 0.717) is 25.0 Å². The van der Waals surface area contributed by atoms with E-state index in [-0.39, 0.29) is 12.3 Å². The highest BCUT2D eigenvalue weighted by molar-refractivity contribution is 5.78. The second-order valence-corrected chi connectivity index (χ2v) is 5.72. The van der Waals surface area contributed by atoms with E-state index in [1.54, 1.807) is 11.9 Å². The number of carboxylic acids is 1. The third-order valence-electron chi connectivity index (χ3n) is 4.07. The molecule has 5 heteroatoms. The van der Waals surface area contributed by atoms with Crippen LogP contribution in [0.25, 0.3) is 0 Å². The molecule has 0 bridgehead atoms. The van der Waals surface area contributed by atoms with Gasteiger partial charge in [-0.15, -0.1) is 0 Å². The van der Waals surface area contributed by atoms with Gasteiger partial charge in [0.15, 0.2) is 0 Å². The van der Waals surface area contributed by atoms with Crippen LogP contribution in [-0.2, 0) is 9.59 Å². The molecule has 1 saturated carbocycles. The molecule has 1 N–H and O–H groups in total. The average molecular weight is 270 g/mol. The van der Waals surface area contributed by atoms with Crippen LogP contribution in [0.2, 0.25) is 0 Å². The maximum atomic E-state index is 12.2. The van der Waals surface area contributed by atoms with Gasteiger partial charge in [0.25, 0.3) is 0 Å². The summed E-state index contributed by atoms with van der Waals surface area (Å²) < 4.78 is 0. The van der Waals surface area contributed by atoms with Crippen molar-refractivity contribution in [3.63, 3.8) is 0 Å². The lowest BCUT2D eigenvalue weighted by molar-refractivity contribution is -0.139. The van der Waals surface area contributed by atoms with Crippen molar-refractivity contribution in [3.05, 3.63) is 0 Å². The number of nitrogens with zero attached hydrogens (tertiary/aromatic N) is 2. The maximum absolute atomic E-state index is 12.2. The molecule has 1 aliphatic rings. The van der Waals surface area contributed by atoms with Gasteiger partial charge in [0.05, 0.1) is 13.0 Å². The molecule has 110 valence electrons. The summed E-state index contributed by atoms with van der Waals surface area (Å²) in [4.78, 5) is 26.3. The topological polar surface area (TPSA) is 60.9 Å². The molecule has 2 unspecified atom stereocenters. The van der Waals surface area contributed by atoms with E-state index in [4.69, 9.17) is 5.11 Å². The normalized spacial score (nSPS) is 23.4. The fourth-order valence-electron chi connectivity index (χ4n) is 2.77. The van der Waals surface area contributed by atoms with Crippen molar-refractivity contribution in [2.45, 2.75) is 45.1 Å². The van der Waals surface area contributed by atoms with Crippen molar-refractivity contribution in [2.24, 2.45) is 5.92 Å². The van der Waals surface area contributed by atoms with E-state index in [9.17, 15) is 9.59 Å². The van der Waals surface area contributed by atoms with Gasteiger partial charge >= 0.3 is 5.97 Å². The molecule has 0 aromatic carbocycles. The molecule has 0 heterocycles. The van der Waals surface area contributed by atoms with Crippen LogP contribution >= 0.6 is 0 Å². The zero-order valence-electron chi connectivity index (χ0n) is 12.3. The molecular weight excluding hydrogens is 244 g/mol. The number of hydrogen-bond acceptors (Lipinski definition) is 3. The standard InChI is InChI=1S/C14H26N2O3/c1-11-6-4-5-7-12(11)16(3)13(17)10-15(2)9-8-14(18)19/h11-12H,4-10H2,1-3H3,(H,18,19). The molecule has 0 saturated heterocycles. The molecule has 0 aliphatic heterocycles. The lowest BCUT2D eigenvalue weighted by atomic mass is 9.85. The predicted octanol–water partition coefficient (Wildman–Crippen LogP) is 1.43. The van der Waals surface area contributed by atoms with Gasteiger partial charge in [-0.2, -0.15) is 0 Å². The average Bonchev–Trinajstić information content (AvgIpc) is 2.36. The van der Waals surface area contributed by atoms with Gasteiger partial charge in [0.1, 0.15) is 0 Å². The minimum absolute atomic E-state index is 0.0767. The van der Waals surface area contributed by atoms with Gasteiger partial charge < -0.3 is 10.0 Å². The highest BCUT2D eigenvalue weighted by atomic mass is 16.4. The monoisotopic (exact) mass is 270 g/mol. The first-order valence-corrected chi connectivity index (χ1v) is 7.07. The van der Waals surface area contributed by atoms with Crippen LogP contribution in [0.5, 0.6) is 0 Å². The number of likely N-dealkylation sites (N-methyl/N-ethyl adjacent to an activating group) is 2. The van der Waals surface area contributed by atoms with E-state index in [2.05, 4.69) is 6.92 Å². The molecular formula is C14H26N2O3. The van der Waals surface area contributed by atoms with Crippen LogP contribution in [-0.4, -0.2) is 60.0 Å². The minimum Gasteiger partial charge on any atom is -0.481 e. The van der Waals surface area contributed by atoms with Gasteiger partial charge in [0.2, 0.25) is 5.91 Å². The Kier molecular flexibility index (Phi) is 6.28. The number of carboxylic acid groups (broad SMARTS) is 1. The lowest BCUT2D eigenvalue weighted by Gasteiger charge is -2.37. The molecule has 0 radical (unpaired) electrons. The number of carbonyl (C=O) groups is 2. The Labute approximate surface area is 115 Å². The molecule has 19 heavy (non-hydrogen) atoms. The van der Waals surface area contributed by atoms with Crippen LogP contribution in [0.3, 0.4) is 0 Å². The summed E-state index contributed by atoms with van der Waals surface area (Å²) in [5.41, 5.74) is 0. The summed E-state index contributed by atoms with van der Waals surface area (Å²) in [5, 5.41) is 8.62. The first kappa shape index (κ1) is 16.0. The summed E-state index contributed by atoms with van der Waals surface area (Å²) >= 11 is 0. The summed E-state index contributed by atoms with van der Waals surface area (Å²) in [6.45, 7) is 2.92. The molecule has 1 fully saturated rings. The van der Waals surface area contributed by atoms with Crippen molar-refractivity contribution in [1.29, 1.82) is 0 Å². The second-order valence-electron chi connectivity index (χ2n) is 5.72. The van der Waals surface area contributed by atoms with E-state index >= 15 is 0 Å². The van der Waals surface area contributed by atoms with Crippen molar-refractivity contribution in [3.8, 4) is 0 Å². The molecule has 1 aliphatic carbocycles. The highest BCUT2D eigenvalue weighted by Gasteiger charge is 2.28. The first-order valence-electron chi connectivity index (χ1n) is 7.07. The van der Waals surface area contributed by atoms with Crippen LogP contribution in [0.4, 0.5) is 0 Å². The number of aliphatic carboxylic acids is 1. The van der Waals surface area contributed by atoms with Crippen molar-refractivity contribution in [1.82, 2.24) is 9.80 Å². The fourth-order valence-corrected chi connectivity index (χ4v) is 2.77. The number of carbonyl (C=O) groups excluding carboxylic acids is 1. The summed E-state index contributed by atoms with van der Waals surface area (Å²) in [6, 6.07) is 0.342. The van der Waals surface area contributed by atoms with Crippen LogP contribution < -0.4 is 0 Å². The highest BCUT2D eigenvalue weighted by Crippen LogP contribution is 2.27. The third-order valence-corrected chi connectivity index (χ3v) is 4.07. The Hall–Kier alpha value is -1.10. The minimum atomic E-state index is -0.825. The van der Waals surface area contributed by atoms with Gasteiger partial charge in [-0.05, 0) is 25.8 Å². The maximum Gasteiger partial charge on any atom is 0.304 e. The molecule has 5 nitrogen and oxygen atoms in total. The fraction of sp³-hybridized carbons (Fsp3) is 0.857. The number of hydrogen-bond donors (Lipinski definition) is 1. The number of rotatable bonds is 6. The van der Waals surface area contributed by atoms with Gasteiger partial charge in [-0.3, -0.25) is 14.5 Å². The third kappa shape index (κ3) is 5.19. The second kappa shape index (κ2) is 7.48. The Balaban J connectivity index is 2.40. The van der Waals surface area contributed by atoms with E-state index in [0.717, 1.165) is 6.42 Å². The predicted molar refractivity (Wildman–Crippen MR) is 73.9 cm³/mol. The molecule has 0 aromatic rings. The van der Waals surface area contributed by atoms with E-state index in [1.165, 1.54) is 19.3 Å². The smallest absolute Gasteiger partial charge is 0.304 e. The molecule has 0 aromatic heterocycles. The van der Waals surface area contributed by atoms with Gasteiger partial charge in [-0.1, -0.05) is 19.8 Å².